The number of amides is 1. The number of benzene rings is 1. The standard InChI is InChI=1S/C23H16F3N5O5/c1-36-21(34)14-7-5-11-28-19(14)31-20(33)13-6-4-10-27-18(13)30(22(31)35)12-17(32)29-16-9-3-2-8-15(16)23(24,25)26/h2-11H,12H2,1H3,(H,29,32). The maximum absolute atomic E-state index is 13.4. The van der Waals surface area contributed by atoms with Crippen molar-refractivity contribution in [3.63, 3.8) is 0 Å². The van der Waals surface area contributed by atoms with Gasteiger partial charge in [0.1, 0.15) is 17.8 Å². The van der Waals surface area contributed by atoms with Crippen molar-refractivity contribution in [1.29, 1.82) is 0 Å². The van der Waals surface area contributed by atoms with Crippen molar-refractivity contribution >= 4 is 28.6 Å². The van der Waals surface area contributed by atoms with Gasteiger partial charge in [-0.25, -0.2) is 24.1 Å². The van der Waals surface area contributed by atoms with Crippen LogP contribution in [0.3, 0.4) is 0 Å². The molecule has 4 aromatic rings. The Balaban J connectivity index is 1.86. The molecule has 1 amide bonds. The third-order valence-corrected chi connectivity index (χ3v) is 5.11. The van der Waals surface area contributed by atoms with Gasteiger partial charge in [-0.1, -0.05) is 12.1 Å². The Morgan fingerprint density at radius 1 is 1.00 bits per heavy atom. The maximum Gasteiger partial charge on any atom is 0.418 e. The van der Waals surface area contributed by atoms with Crippen molar-refractivity contribution in [2.75, 3.05) is 12.4 Å². The van der Waals surface area contributed by atoms with Crippen molar-refractivity contribution in [3.05, 3.63) is 92.9 Å². The fourth-order valence-electron chi connectivity index (χ4n) is 3.54. The number of para-hydroxylation sites is 1. The summed E-state index contributed by atoms with van der Waals surface area (Å²) >= 11 is 0. The number of hydrogen-bond donors (Lipinski definition) is 1. The predicted octanol–water partition coefficient (Wildman–Crippen LogP) is 2.39. The van der Waals surface area contributed by atoms with Crippen LogP contribution in [0, 0.1) is 0 Å². The maximum atomic E-state index is 13.4. The number of fused-ring (bicyclic) bond motifs is 1. The molecule has 0 atom stereocenters. The lowest BCUT2D eigenvalue weighted by molar-refractivity contribution is -0.137. The Hall–Kier alpha value is -4.81. The summed E-state index contributed by atoms with van der Waals surface area (Å²) < 4.78 is 46.0. The van der Waals surface area contributed by atoms with E-state index in [1.54, 1.807) is 0 Å². The molecule has 0 saturated heterocycles. The van der Waals surface area contributed by atoms with Gasteiger partial charge in [-0.05, 0) is 36.4 Å². The zero-order chi connectivity index (χ0) is 26.0. The number of pyridine rings is 2. The van der Waals surface area contributed by atoms with Crippen LogP contribution in [-0.4, -0.2) is 38.1 Å². The van der Waals surface area contributed by atoms with Crippen LogP contribution >= 0.6 is 0 Å². The fourth-order valence-corrected chi connectivity index (χ4v) is 3.54. The molecule has 0 saturated carbocycles. The van der Waals surface area contributed by atoms with Crippen LogP contribution in [-0.2, 0) is 22.3 Å². The van der Waals surface area contributed by atoms with Crippen molar-refractivity contribution in [3.8, 4) is 5.82 Å². The number of rotatable bonds is 5. The molecular formula is C23H16F3N5O5. The molecule has 0 fully saturated rings. The average Bonchev–Trinajstić information content (AvgIpc) is 2.86. The highest BCUT2D eigenvalue weighted by Crippen LogP contribution is 2.34. The first-order chi connectivity index (χ1) is 17.1. The highest BCUT2D eigenvalue weighted by Gasteiger charge is 2.33. The number of nitrogens with zero attached hydrogens (tertiary/aromatic N) is 4. The molecule has 10 nitrogen and oxygen atoms in total. The van der Waals surface area contributed by atoms with Gasteiger partial charge >= 0.3 is 17.8 Å². The lowest BCUT2D eigenvalue weighted by atomic mass is 10.1. The topological polar surface area (TPSA) is 125 Å². The van der Waals surface area contributed by atoms with Crippen LogP contribution in [0.25, 0.3) is 16.9 Å². The molecule has 0 unspecified atom stereocenters. The van der Waals surface area contributed by atoms with Crippen LogP contribution in [0.1, 0.15) is 15.9 Å². The van der Waals surface area contributed by atoms with Gasteiger partial charge in [-0.2, -0.15) is 13.2 Å². The second-order valence-electron chi connectivity index (χ2n) is 7.34. The van der Waals surface area contributed by atoms with Gasteiger partial charge in [0, 0.05) is 12.4 Å². The molecule has 3 aromatic heterocycles. The van der Waals surface area contributed by atoms with E-state index in [9.17, 15) is 32.3 Å². The van der Waals surface area contributed by atoms with E-state index in [1.807, 2.05) is 0 Å². The highest BCUT2D eigenvalue weighted by molar-refractivity contribution is 5.93. The largest absolute Gasteiger partial charge is 0.465 e. The first-order valence-electron chi connectivity index (χ1n) is 10.2. The van der Waals surface area contributed by atoms with E-state index in [4.69, 9.17) is 4.74 Å². The summed E-state index contributed by atoms with van der Waals surface area (Å²) in [6.07, 6.45) is -2.21. The van der Waals surface area contributed by atoms with Crippen LogP contribution < -0.4 is 16.6 Å². The number of nitrogens with one attached hydrogen (secondary N) is 1. The average molecular weight is 499 g/mol. The quantitative estimate of drug-likeness (QED) is 0.418. The molecule has 0 radical (unpaired) electrons. The van der Waals surface area contributed by atoms with Crippen molar-refractivity contribution in [2.24, 2.45) is 0 Å². The second kappa shape index (κ2) is 9.44. The molecular weight excluding hydrogens is 483 g/mol. The fraction of sp³-hybridized carbons (Fsp3) is 0.130. The molecule has 3 heterocycles. The predicted molar refractivity (Wildman–Crippen MR) is 121 cm³/mol. The van der Waals surface area contributed by atoms with E-state index >= 15 is 0 Å². The van der Waals surface area contributed by atoms with Gasteiger partial charge < -0.3 is 10.1 Å². The number of alkyl halides is 3. The Morgan fingerprint density at radius 3 is 2.42 bits per heavy atom. The van der Waals surface area contributed by atoms with E-state index < -0.39 is 47.1 Å². The molecule has 1 aromatic carbocycles. The molecule has 184 valence electrons. The van der Waals surface area contributed by atoms with Crippen LogP contribution in [0.2, 0.25) is 0 Å². The number of carbonyl (C=O) groups is 2. The van der Waals surface area contributed by atoms with Gasteiger partial charge in [0.25, 0.3) is 5.56 Å². The summed E-state index contributed by atoms with van der Waals surface area (Å²) in [4.78, 5) is 59.6. The van der Waals surface area contributed by atoms with E-state index in [1.165, 1.54) is 48.8 Å². The highest BCUT2D eigenvalue weighted by atomic mass is 19.4. The van der Waals surface area contributed by atoms with Crippen LogP contribution in [0.15, 0.2) is 70.5 Å². The third kappa shape index (κ3) is 4.45. The SMILES string of the molecule is COC(=O)c1cccnc1-n1c(=O)c2cccnc2n(CC(=O)Nc2ccccc2C(F)(F)F)c1=O. The molecule has 0 spiro atoms. The molecule has 0 aliphatic carbocycles. The summed E-state index contributed by atoms with van der Waals surface area (Å²) in [5, 5.41) is 2.05. The molecule has 1 N–H and O–H groups in total. The molecule has 0 aliphatic heterocycles. The Labute approximate surface area is 199 Å². The number of ether oxygens (including phenoxy) is 1. The number of hydrogen-bond acceptors (Lipinski definition) is 7. The minimum absolute atomic E-state index is 0.0953. The number of carbonyl (C=O) groups excluding carboxylic acids is 2. The smallest absolute Gasteiger partial charge is 0.418 e. The molecule has 36 heavy (non-hydrogen) atoms. The normalized spacial score (nSPS) is 11.3. The van der Waals surface area contributed by atoms with Crippen molar-refractivity contribution in [1.82, 2.24) is 19.1 Å². The van der Waals surface area contributed by atoms with Crippen molar-refractivity contribution < 1.29 is 27.5 Å². The number of esters is 1. The van der Waals surface area contributed by atoms with E-state index in [2.05, 4.69) is 15.3 Å². The minimum Gasteiger partial charge on any atom is -0.465 e. The monoisotopic (exact) mass is 499 g/mol. The first-order valence-corrected chi connectivity index (χ1v) is 10.2. The first kappa shape index (κ1) is 24.3. The van der Waals surface area contributed by atoms with Gasteiger partial charge in [-0.15, -0.1) is 0 Å². The zero-order valence-electron chi connectivity index (χ0n) is 18.4. The summed E-state index contributed by atoms with van der Waals surface area (Å²) in [6.45, 7) is -0.792. The van der Waals surface area contributed by atoms with E-state index in [0.29, 0.717) is 4.57 Å². The number of aromatic nitrogens is 4. The summed E-state index contributed by atoms with van der Waals surface area (Å²) in [6, 6.07) is 9.79. The number of methoxy groups -OCH3 is 1. The lowest BCUT2D eigenvalue weighted by Crippen LogP contribution is -2.42. The van der Waals surface area contributed by atoms with Crippen LogP contribution in [0.4, 0.5) is 18.9 Å². The second-order valence-corrected chi connectivity index (χ2v) is 7.34. The van der Waals surface area contributed by atoms with Crippen LogP contribution in [0.5, 0.6) is 0 Å². The van der Waals surface area contributed by atoms with Gasteiger partial charge in [0.2, 0.25) is 5.91 Å². The molecule has 0 aliphatic rings. The summed E-state index contributed by atoms with van der Waals surface area (Å²) in [7, 11) is 1.10. The van der Waals surface area contributed by atoms with Gasteiger partial charge in [-0.3, -0.25) is 14.2 Å². The third-order valence-electron chi connectivity index (χ3n) is 5.11. The van der Waals surface area contributed by atoms with E-state index in [0.717, 1.165) is 23.8 Å². The van der Waals surface area contributed by atoms with E-state index in [-0.39, 0.29) is 22.4 Å². The number of anilines is 1. The summed E-state index contributed by atoms with van der Waals surface area (Å²) in [5.41, 5.74) is -3.92. The Kier molecular flexibility index (Phi) is 6.38. The zero-order valence-corrected chi connectivity index (χ0v) is 18.4. The van der Waals surface area contributed by atoms with Gasteiger partial charge in [0.15, 0.2) is 5.82 Å². The molecule has 0 bridgehead atoms. The Bertz CT molecular complexity index is 1610. The lowest BCUT2D eigenvalue weighted by Gasteiger charge is -2.16. The minimum atomic E-state index is -4.73. The molecule has 4 rings (SSSR count). The Morgan fingerprint density at radius 2 is 1.69 bits per heavy atom. The molecule has 13 heteroatoms. The number of halogens is 3. The summed E-state index contributed by atoms with van der Waals surface area (Å²) in [5.74, 6) is -2.20. The van der Waals surface area contributed by atoms with Gasteiger partial charge in [0.05, 0.1) is 23.7 Å². The van der Waals surface area contributed by atoms with Crippen molar-refractivity contribution in [2.45, 2.75) is 12.7 Å².